The zero-order valence-corrected chi connectivity index (χ0v) is 13.3. The quantitative estimate of drug-likeness (QED) is 0.928. The van der Waals surface area contributed by atoms with Gasteiger partial charge in [-0.25, -0.2) is 4.98 Å². The standard InChI is InChI=1S/C17H21ClN2O/c1-11(2)17-19-14-4-3-5-15(21)16(14)20(17)10-12-6-8-13(18)9-7-12/h6-9,11,15,21H,3-5,10H2,1-2H3. The van der Waals surface area contributed by atoms with Crippen LogP contribution >= 0.6 is 11.6 Å². The summed E-state index contributed by atoms with van der Waals surface area (Å²) in [6, 6.07) is 7.89. The Morgan fingerprint density at radius 1 is 1.33 bits per heavy atom. The van der Waals surface area contributed by atoms with Gasteiger partial charge in [-0.15, -0.1) is 0 Å². The van der Waals surface area contributed by atoms with Crippen LogP contribution in [-0.2, 0) is 13.0 Å². The first kappa shape index (κ1) is 14.6. The number of aliphatic hydroxyl groups is 1. The third-order valence-electron chi connectivity index (χ3n) is 4.09. The second kappa shape index (κ2) is 5.82. The Labute approximate surface area is 130 Å². The number of imidazole rings is 1. The van der Waals surface area contributed by atoms with Crippen LogP contribution in [0.3, 0.4) is 0 Å². The van der Waals surface area contributed by atoms with E-state index in [0.29, 0.717) is 5.92 Å². The van der Waals surface area contributed by atoms with Gasteiger partial charge in [0.05, 0.1) is 17.5 Å². The van der Waals surface area contributed by atoms with Crippen LogP contribution in [0.25, 0.3) is 0 Å². The molecule has 0 bridgehead atoms. The molecule has 0 aliphatic heterocycles. The minimum atomic E-state index is -0.388. The summed E-state index contributed by atoms with van der Waals surface area (Å²) in [5.41, 5.74) is 3.27. The van der Waals surface area contributed by atoms with Gasteiger partial charge in [0.2, 0.25) is 0 Å². The maximum atomic E-state index is 10.4. The third kappa shape index (κ3) is 2.85. The number of hydrogen-bond acceptors (Lipinski definition) is 2. The fraction of sp³-hybridized carbons (Fsp3) is 0.471. The maximum Gasteiger partial charge on any atom is 0.112 e. The van der Waals surface area contributed by atoms with Crippen molar-refractivity contribution in [3.05, 3.63) is 52.1 Å². The molecule has 1 aromatic heterocycles. The number of fused-ring (bicyclic) bond motifs is 1. The summed E-state index contributed by atoms with van der Waals surface area (Å²) in [5, 5.41) is 11.1. The van der Waals surface area contributed by atoms with Crippen LogP contribution in [0.1, 0.15) is 61.5 Å². The van der Waals surface area contributed by atoms with Gasteiger partial charge in [0.15, 0.2) is 0 Å². The lowest BCUT2D eigenvalue weighted by atomic mass is 9.98. The number of nitrogens with zero attached hydrogens (tertiary/aromatic N) is 2. The van der Waals surface area contributed by atoms with E-state index >= 15 is 0 Å². The highest BCUT2D eigenvalue weighted by Crippen LogP contribution is 2.33. The number of benzene rings is 1. The molecule has 1 heterocycles. The zero-order valence-electron chi connectivity index (χ0n) is 12.5. The number of aromatic nitrogens is 2. The van der Waals surface area contributed by atoms with Gasteiger partial charge in [0, 0.05) is 17.5 Å². The van der Waals surface area contributed by atoms with E-state index < -0.39 is 0 Å². The number of aryl methyl sites for hydroxylation is 1. The average molecular weight is 305 g/mol. The summed E-state index contributed by atoms with van der Waals surface area (Å²) in [4.78, 5) is 4.79. The molecule has 112 valence electrons. The van der Waals surface area contributed by atoms with Gasteiger partial charge < -0.3 is 9.67 Å². The van der Waals surface area contributed by atoms with Gasteiger partial charge >= 0.3 is 0 Å². The molecule has 2 aromatic rings. The fourth-order valence-corrected chi connectivity index (χ4v) is 3.20. The molecule has 1 atom stereocenters. The van der Waals surface area contributed by atoms with E-state index in [-0.39, 0.29) is 6.10 Å². The summed E-state index contributed by atoms with van der Waals surface area (Å²) < 4.78 is 2.20. The summed E-state index contributed by atoms with van der Waals surface area (Å²) in [6.45, 7) is 5.04. The number of halogens is 1. The Hall–Kier alpha value is -1.32. The highest BCUT2D eigenvalue weighted by Gasteiger charge is 2.27. The van der Waals surface area contributed by atoms with E-state index in [4.69, 9.17) is 16.6 Å². The van der Waals surface area contributed by atoms with Crippen LogP contribution in [-0.4, -0.2) is 14.7 Å². The molecule has 21 heavy (non-hydrogen) atoms. The monoisotopic (exact) mass is 304 g/mol. The topological polar surface area (TPSA) is 38.0 Å². The first-order chi connectivity index (χ1) is 10.1. The molecule has 0 fully saturated rings. The zero-order chi connectivity index (χ0) is 15.0. The Balaban J connectivity index is 2.03. The minimum Gasteiger partial charge on any atom is -0.387 e. The van der Waals surface area contributed by atoms with Gasteiger partial charge in [0.25, 0.3) is 0 Å². The normalized spacial score (nSPS) is 18.0. The molecule has 0 spiro atoms. The Kier molecular flexibility index (Phi) is 4.05. The van der Waals surface area contributed by atoms with Crippen molar-refractivity contribution in [2.24, 2.45) is 0 Å². The van der Waals surface area contributed by atoms with Gasteiger partial charge in [-0.2, -0.15) is 0 Å². The summed E-state index contributed by atoms with van der Waals surface area (Å²) in [6.07, 6.45) is 2.43. The SMILES string of the molecule is CC(C)c1nc2c(n1Cc1ccc(Cl)cc1)C(O)CCC2. The predicted octanol–water partition coefficient (Wildman–Crippen LogP) is 4.08. The molecule has 1 aliphatic carbocycles. The molecule has 3 rings (SSSR count). The third-order valence-corrected chi connectivity index (χ3v) is 4.34. The van der Waals surface area contributed by atoms with Crippen molar-refractivity contribution < 1.29 is 5.11 Å². The summed E-state index contributed by atoms with van der Waals surface area (Å²) >= 11 is 5.95. The van der Waals surface area contributed by atoms with Crippen molar-refractivity contribution in [2.45, 2.75) is 51.7 Å². The highest BCUT2D eigenvalue weighted by molar-refractivity contribution is 6.30. The molecule has 0 radical (unpaired) electrons. The van der Waals surface area contributed by atoms with Crippen molar-refractivity contribution in [2.75, 3.05) is 0 Å². The van der Waals surface area contributed by atoms with E-state index in [2.05, 4.69) is 18.4 Å². The van der Waals surface area contributed by atoms with Gasteiger partial charge in [0.1, 0.15) is 5.82 Å². The first-order valence-corrected chi connectivity index (χ1v) is 7.95. The molecule has 1 N–H and O–H groups in total. The molecule has 3 nitrogen and oxygen atoms in total. The number of rotatable bonds is 3. The van der Waals surface area contributed by atoms with E-state index in [1.807, 2.05) is 24.3 Å². The van der Waals surface area contributed by atoms with Gasteiger partial charge in [-0.1, -0.05) is 37.6 Å². The second-order valence-electron chi connectivity index (χ2n) is 6.08. The highest BCUT2D eigenvalue weighted by atomic mass is 35.5. The van der Waals surface area contributed by atoms with Crippen LogP contribution in [0, 0.1) is 0 Å². The van der Waals surface area contributed by atoms with E-state index in [1.165, 1.54) is 5.56 Å². The molecule has 1 aromatic carbocycles. The van der Waals surface area contributed by atoms with Crippen molar-refractivity contribution >= 4 is 11.6 Å². The summed E-state index contributed by atoms with van der Waals surface area (Å²) in [5.74, 6) is 1.41. The van der Waals surface area contributed by atoms with Crippen LogP contribution in [0.4, 0.5) is 0 Å². The molecule has 0 saturated heterocycles. The molecule has 1 unspecified atom stereocenters. The van der Waals surface area contributed by atoms with Crippen molar-refractivity contribution in [3.63, 3.8) is 0 Å². The second-order valence-corrected chi connectivity index (χ2v) is 6.51. The van der Waals surface area contributed by atoms with E-state index in [9.17, 15) is 5.11 Å². The van der Waals surface area contributed by atoms with Crippen LogP contribution in [0.5, 0.6) is 0 Å². The average Bonchev–Trinajstić information content (AvgIpc) is 2.82. The lowest BCUT2D eigenvalue weighted by Crippen LogP contribution is -2.16. The van der Waals surface area contributed by atoms with Crippen molar-refractivity contribution in [1.82, 2.24) is 9.55 Å². The van der Waals surface area contributed by atoms with Crippen molar-refractivity contribution in [1.29, 1.82) is 0 Å². The summed E-state index contributed by atoms with van der Waals surface area (Å²) in [7, 11) is 0. The maximum absolute atomic E-state index is 10.4. The minimum absolute atomic E-state index is 0.343. The van der Waals surface area contributed by atoms with Crippen LogP contribution in [0.15, 0.2) is 24.3 Å². The lowest BCUT2D eigenvalue weighted by molar-refractivity contribution is 0.147. The number of hydrogen-bond donors (Lipinski definition) is 1. The molecular weight excluding hydrogens is 284 g/mol. The molecule has 0 saturated carbocycles. The smallest absolute Gasteiger partial charge is 0.112 e. The van der Waals surface area contributed by atoms with Crippen molar-refractivity contribution in [3.8, 4) is 0 Å². The van der Waals surface area contributed by atoms with Gasteiger partial charge in [-0.3, -0.25) is 0 Å². The Morgan fingerprint density at radius 3 is 2.71 bits per heavy atom. The van der Waals surface area contributed by atoms with Crippen LogP contribution < -0.4 is 0 Å². The van der Waals surface area contributed by atoms with Gasteiger partial charge in [-0.05, 0) is 37.0 Å². The number of aliphatic hydroxyl groups excluding tert-OH is 1. The lowest BCUT2D eigenvalue weighted by Gasteiger charge is -2.21. The molecule has 4 heteroatoms. The molecular formula is C17H21ClN2O. The Morgan fingerprint density at radius 2 is 2.05 bits per heavy atom. The molecule has 0 amide bonds. The molecule has 1 aliphatic rings. The first-order valence-electron chi connectivity index (χ1n) is 7.58. The Bertz CT molecular complexity index is 631. The van der Waals surface area contributed by atoms with Crippen LogP contribution in [0.2, 0.25) is 5.02 Å². The predicted molar refractivity (Wildman–Crippen MR) is 84.8 cm³/mol. The largest absolute Gasteiger partial charge is 0.387 e. The fourth-order valence-electron chi connectivity index (χ4n) is 3.07. The van der Waals surface area contributed by atoms with E-state index in [1.54, 1.807) is 0 Å². The van der Waals surface area contributed by atoms with E-state index in [0.717, 1.165) is 48.0 Å².